The van der Waals surface area contributed by atoms with Crippen LogP contribution in [0.15, 0.2) is 0 Å². The summed E-state index contributed by atoms with van der Waals surface area (Å²) in [4.78, 5) is 13.4. The second-order valence-corrected chi connectivity index (χ2v) is 4.66. The third kappa shape index (κ3) is 3.32. The van der Waals surface area contributed by atoms with Gasteiger partial charge in [-0.15, -0.1) is 0 Å². The maximum atomic E-state index is 12.5. The average Bonchev–Trinajstić information content (AvgIpc) is 2.20. The number of alkyl halides is 3. The molecule has 1 rings (SSSR count). The van der Waals surface area contributed by atoms with Crippen molar-refractivity contribution in [1.82, 2.24) is 10.2 Å². The van der Waals surface area contributed by atoms with Crippen molar-refractivity contribution in [3.63, 3.8) is 0 Å². The van der Waals surface area contributed by atoms with Gasteiger partial charge in [-0.2, -0.15) is 13.2 Å². The van der Waals surface area contributed by atoms with Crippen molar-refractivity contribution in [2.75, 3.05) is 20.1 Å². The topological polar surface area (TPSA) is 58.4 Å². The first kappa shape index (κ1) is 14.2. The van der Waals surface area contributed by atoms with Crippen LogP contribution in [0.4, 0.5) is 13.2 Å². The summed E-state index contributed by atoms with van der Waals surface area (Å²) in [5, 5.41) is 2.37. The van der Waals surface area contributed by atoms with Crippen LogP contribution in [0.2, 0.25) is 0 Å². The van der Waals surface area contributed by atoms with Gasteiger partial charge in [-0.1, -0.05) is 0 Å². The number of nitrogens with two attached hydrogens (primary N) is 1. The van der Waals surface area contributed by atoms with Gasteiger partial charge in [0.05, 0.1) is 0 Å². The molecule has 1 amide bonds. The van der Waals surface area contributed by atoms with Crippen LogP contribution >= 0.6 is 0 Å². The number of amides is 1. The van der Waals surface area contributed by atoms with E-state index < -0.39 is 23.7 Å². The summed E-state index contributed by atoms with van der Waals surface area (Å²) in [6.07, 6.45) is -3.76. The van der Waals surface area contributed by atoms with Gasteiger partial charge >= 0.3 is 6.18 Å². The van der Waals surface area contributed by atoms with E-state index in [4.69, 9.17) is 5.73 Å². The van der Waals surface area contributed by atoms with Gasteiger partial charge in [0, 0.05) is 13.1 Å². The van der Waals surface area contributed by atoms with Gasteiger partial charge in [-0.05, 0) is 26.8 Å². The molecule has 7 heteroatoms. The summed E-state index contributed by atoms with van der Waals surface area (Å²) in [5.41, 5.74) is 4.02. The summed E-state index contributed by atoms with van der Waals surface area (Å²) in [6.45, 7) is 2.12. The van der Waals surface area contributed by atoms with E-state index in [2.05, 4.69) is 5.32 Å². The lowest BCUT2D eigenvalue weighted by Gasteiger charge is -2.40. The minimum Gasteiger partial charge on any atom is -0.368 e. The summed E-state index contributed by atoms with van der Waals surface area (Å²) in [5.74, 6) is -0.707. The number of likely N-dealkylation sites (tertiary alicyclic amines) is 1. The standard InChI is InChI=1S/C10H18F3N3O/c1-7(10(11,12)13)15-9(8(14)17)3-5-16(2)6-4-9/h7,15H,3-6H2,1-2H3,(H2,14,17). The number of carbonyl (C=O) groups is 1. The number of halogens is 3. The van der Waals surface area contributed by atoms with E-state index in [-0.39, 0.29) is 0 Å². The molecule has 0 spiro atoms. The minimum absolute atomic E-state index is 0.305. The van der Waals surface area contributed by atoms with Crippen LogP contribution in [0.25, 0.3) is 0 Å². The minimum atomic E-state index is -4.37. The first-order valence-corrected chi connectivity index (χ1v) is 5.50. The highest BCUT2D eigenvalue weighted by Gasteiger charge is 2.46. The number of nitrogens with one attached hydrogen (secondary N) is 1. The summed E-state index contributed by atoms with van der Waals surface area (Å²) < 4.78 is 37.5. The van der Waals surface area contributed by atoms with Crippen LogP contribution in [0.5, 0.6) is 0 Å². The number of nitrogens with zero attached hydrogens (tertiary/aromatic N) is 1. The van der Waals surface area contributed by atoms with Gasteiger partial charge in [0.2, 0.25) is 5.91 Å². The lowest BCUT2D eigenvalue weighted by atomic mass is 9.86. The Kier molecular flexibility index (Phi) is 4.03. The molecular formula is C10H18F3N3O. The van der Waals surface area contributed by atoms with Gasteiger partial charge in [0.1, 0.15) is 11.6 Å². The number of primary amides is 1. The van der Waals surface area contributed by atoms with Crippen molar-refractivity contribution in [3.05, 3.63) is 0 Å². The first-order chi connectivity index (χ1) is 7.67. The summed E-state index contributed by atoms with van der Waals surface area (Å²) >= 11 is 0. The third-order valence-electron chi connectivity index (χ3n) is 3.30. The van der Waals surface area contributed by atoms with Crippen molar-refractivity contribution in [3.8, 4) is 0 Å². The van der Waals surface area contributed by atoms with Crippen molar-refractivity contribution in [1.29, 1.82) is 0 Å². The Hall–Kier alpha value is -0.820. The molecule has 1 saturated heterocycles. The first-order valence-electron chi connectivity index (χ1n) is 5.50. The molecule has 1 fully saturated rings. The van der Waals surface area contributed by atoms with Crippen molar-refractivity contribution in [2.24, 2.45) is 5.73 Å². The monoisotopic (exact) mass is 253 g/mol. The Morgan fingerprint density at radius 2 is 1.88 bits per heavy atom. The molecule has 1 aliphatic heterocycles. The second kappa shape index (κ2) is 4.81. The molecule has 1 aliphatic rings. The lowest BCUT2D eigenvalue weighted by Crippen LogP contribution is -2.64. The van der Waals surface area contributed by atoms with E-state index in [0.717, 1.165) is 6.92 Å². The molecule has 0 aliphatic carbocycles. The van der Waals surface area contributed by atoms with Crippen LogP contribution in [0, 0.1) is 0 Å². The molecule has 0 saturated carbocycles. The summed E-state index contributed by atoms with van der Waals surface area (Å²) in [7, 11) is 1.86. The fourth-order valence-electron chi connectivity index (χ4n) is 1.96. The zero-order chi connectivity index (χ0) is 13.3. The Morgan fingerprint density at radius 1 is 1.41 bits per heavy atom. The zero-order valence-electron chi connectivity index (χ0n) is 9.97. The Bertz CT molecular complexity index is 285. The molecule has 1 atom stereocenters. The number of hydrogen-bond donors (Lipinski definition) is 2. The average molecular weight is 253 g/mol. The lowest BCUT2D eigenvalue weighted by molar-refractivity contribution is -0.160. The van der Waals surface area contributed by atoms with Crippen LogP contribution in [-0.2, 0) is 4.79 Å². The Balaban J connectivity index is 2.77. The normalized spacial score (nSPS) is 23.4. The zero-order valence-corrected chi connectivity index (χ0v) is 9.97. The van der Waals surface area contributed by atoms with Gasteiger partial charge in [-0.3, -0.25) is 10.1 Å². The van der Waals surface area contributed by atoms with E-state index in [1.54, 1.807) is 0 Å². The highest BCUT2D eigenvalue weighted by molar-refractivity contribution is 5.84. The Morgan fingerprint density at radius 3 is 2.24 bits per heavy atom. The third-order valence-corrected chi connectivity index (χ3v) is 3.30. The highest BCUT2D eigenvalue weighted by Crippen LogP contribution is 2.27. The summed E-state index contributed by atoms with van der Waals surface area (Å²) in [6, 6.07) is -1.74. The molecule has 4 nitrogen and oxygen atoms in total. The van der Waals surface area contributed by atoms with Gasteiger partial charge in [-0.25, -0.2) is 0 Å². The van der Waals surface area contributed by atoms with E-state index >= 15 is 0 Å². The maximum absolute atomic E-state index is 12.5. The molecule has 0 aromatic heterocycles. The SMILES string of the molecule is CC(NC1(C(N)=O)CCN(C)CC1)C(F)(F)F. The van der Waals surface area contributed by atoms with Gasteiger partial charge < -0.3 is 10.6 Å². The number of hydrogen-bond acceptors (Lipinski definition) is 3. The fraction of sp³-hybridized carbons (Fsp3) is 0.900. The van der Waals surface area contributed by atoms with Crippen LogP contribution in [0.3, 0.4) is 0 Å². The predicted molar refractivity (Wildman–Crippen MR) is 57.3 cm³/mol. The van der Waals surface area contributed by atoms with E-state index in [1.807, 2.05) is 11.9 Å². The van der Waals surface area contributed by atoms with Crippen LogP contribution in [0.1, 0.15) is 19.8 Å². The largest absolute Gasteiger partial charge is 0.403 e. The van der Waals surface area contributed by atoms with E-state index in [1.165, 1.54) is 0 Å². The molecule has 17 heavy (non-hydrogen) atoms. The fourth-order valence-corrected chi connectivity index (χ4v) is 1.96. The maximum Gasteiger partial charge on any atom is 0.403 e. The number of rotatable bonds is 3. The molecule has 0 aromatic carbocycles. The smallest absolute Gasteiger partial charge is 0.368 e. The van der Waals surface area contributed by atoms with Crippen molar-refractivity contribution in [2.45, 2.75) is 37.5 Å². The molecular weight excluding hydrogens is 235 g/mol. The van der Waals surface area contributed by atoms with Crippen LogP contribution < -0.4 is 11.1 Å². The van der Waals surface area contributed by atoms with Crippen LogP contribution in [-0.4, -0.2) is 48.7 Å². The molecule has 0 bridgehead atoms. The molecule has 0 aromatic rings. The molecule has 1 heterocycles. The Labute approximate surface area is 98.3 Å². The second-order valence-electron chi connectivity index (χ2n) is 4.66. The highest BCUT2D eigenvalue weighted by atomic mass is 19.4. The molecule has 1 unspecified atom stereocenters. The van der Waals surface area contributed by atoms with E-state index in [0.29, 0.717) is 25.9 Å². The molecule has 0 radical (unpaired) electrons. The number of piperidine rings is 1. The van der Waals surface area contributed by atoms with Crippen molar-refractivity contribution >= 4 is 5.91 Å². The molecule has 3 N–H and O–H groups in total. The number of carbonyl (C=O) groups excluding carboxylic acids is 1. The molecule has 100 valence electrons. The van der Waals surface area contributed by atoms with Crippen molar-refractivity contribution < 1.29 is 18.0 Å². The quantitative estimate of drug-likeness (QED) is 0.769. The van der Waals surface area contributed by atoms with Gasteiger partial charge in [0.25, 0.3) is 0 Å². The van der Waals surface area contributed by atoms with E-state index in [9.17, 15) is 18.0 Å². The van der Waals surface area contributed by atoms with Gasteiger partial charge in [0.15, 0.2) is 0 Å². The predicted octanol–water partition coefficient (Wildman–Crippen LogP) is 0.476.